The number of rotatable bonds is 6. The Morgan fingerprint density at radius 3 is 2.88 bits per heavy atom. The van der Waals surface area contributed by atoms with Crippen LogP contribution < -0.4 is 10.6 Å². The molecule has 0 bridgehead atoms. The van der Waals surface area contributed by atoms with Crippen LogP contribution in [0.5, 0.6) is 5.75 Å². The Morgan fingerprint density at radius 2 is 2.06 bits per heavy atom. The molecule has 0 saturated carbocycles. The van der Waals surface area contributed by atoms with E-state index in [0.29, 0.717) is 23.6 Å². The average Bonchev–Trinajstić information content (AvgIpc) is 3.08. The number of aromatic hydroxyl groups is 1. The molecular formula is C28H35N3O3. The summed E-state index contributed by atoms with van der Waals surface area (Å²) in [6, 6.07) is 9.28. The Kier molecular flexibility index (Phi) is 8.36. The number of phenols is 1. The first-order chi connectivity index (χ1) is 16.6. The van der Waals surface area contributed by atoms with Crippen molar-refractivity contribution < 1.29 is 14.6 Å². The quantitative estimate of drug-likeness (QED) is 0.517. The molecule has 2 aliphatic rings. The average molecular weight is 462 g/mol. The Morgan fingerprint density at radius 1 is 1.18 bits per heavy atom. The Labute approximate surface area is 202 Å². The van der Waals surface area contributed by atoms with Crippen molar-refractivity contribution in [2.24, 2.45) is 5.92 Å². The van der Waals surface area contributed by atoms with Gasteiger partial charge in [-0.15, -0.1) is 0 Å². The Bertz CT molecular complexity index is 1040. The van der Waals surface area contributed by atoms with Crippen molar-refractivity contribution in [2.75, 3.05) is 25.0 Å². The topological polar surface area (TPSA) is 83.5 Å². The first-order valence-electron chi connectivity index (χ1n) is 12.4. The molecule has 1 atom stereocenters. The molecule has 0 aliphatic carbocycles. The van der Waals surface area contributed by atoms with E-state index in [2.05, 4.69) is 27.8 Å². The highest BCUT2D eigenvalue weighted by Crippen LogP contribution is 2.37. The number of aromatic nitrogens is 1. The molecule has 0 radical (unpaired) electrons. The molecule has 1 aromatic carbocycles. The summed E-state index contributed by atoms with van der Waals surface area (Å²) in [4.78, 5) is 15.5. The maximum absolute atomic E-state index is 11.3. The number of hydrogen-bond acceptors (Lipinski definition) is 5. The van der Waals surface area contributed by atoms with Crippen LogP contribution in [0.1, 0.15) is 57.4 Å². The summed E-state index contributed by atoms with van der Waals surface area (Å²) in [5.41, 5.74) is 3.44. The minimum atomic E-state index is -0.168. The van der Waals surface area contributed by atoms with E-state index in [1.54, 1.807) is 12.3 Å². The van der Waals surface area contributed by atoms with Crippen molar-refractivity contribution in [3.63, 3.8) is 0 Å². The lowest BCUT2D eigenvalue weighted by Crippen LogP contribution is -2.14. The van der Waals surface area contributed by atoms with E-state index in [0.717, 1.165) is 49.6 Å². The molecule has 2 aromatic rings. The number of benzene rings is 1. The first-order valence-corrected chi connectivity index (χ1v) is 12.4. The number of carbonyl (C=O) groups is 1. The fourth-order valence-corrected chi connectivity index (χ4v) is 4.69. The third-order valence-corrected chi connectivity index (χ3v) is 6.55. The minimum Gasteiger partial charge on any atom is -0.507 e. The largest absolute Gasteiger partial charge is 0.507 e. The van der Waals surface area contributed by atoms with E-state index in [-0.39, 0.29) is 11.7 Å². The van der Waals surface area contributed by atoms with Crippen LogP contribution in [0.15, 0.2) is 54.3 Å². The van der Waals surface area contributed by atoms with Crippen LogP contribution in [0.2, 0.25) is 0 Å². The number of anilines is 1. The number of phenolic OH excluding ortho intramolecular Hbond substituents is 1. The maximum atomic E-state index is 11.3. The van der Waals surface area contributed by atoms with Crippen LogP contribution in [0, 0.1) is 5.92 Å². The number of allylic oxidation sites excluding steroid dienone is 3. The zero-order valence-corrected chi connectivity index (χ0v) is 20.0. The second kappa shape index (κ2) is 11.8. The molecule has 6 heteroatoms. The van der Waals surface area contributed by atoms with Gasteiger partial charge in [0.15, 0.2) is 0 Å². The zero-order valence-electron chi connectivity index (χ0n) is 20.0. The lowest BCUT2D eigenvalue weighted by molar-refractivity contribution is -0.114. The Hall–Kier alpha value is -3.12. The molecule has 2 aliphatic heterocycles. The van der Waals surface area contributed by atoms with Gasteiger partial charge in [0, 0.05) is 24.2 Å². The predicted molar refractivity (Wildman–Crippen MR) is 136 cm³/mol. The summed E-state index contributed by atoms with van der Waals surface area (Å²) in [7, 11) is 0. The normalized spacial score (nSPS) is 22.1. The van der Waals surface area contributed by atoms with Gasteiger partial charge in [0.2, 0.25) is 5.91 Å². The standard InChI is InChI=1S/C28H35N3O3/c1-20(32)31-27-13-12-23(19-30-27)24-8-4-9-25(28(24)33)26-18-22(6-2-3-17-34-26)11-10-21-7-5-15-29-16-14-21/h4,6,8-9,12-13,18-19,21,29,33H,2-3,5,7,10-11,14-17H2,1H3,(H,30,31,32)/b22-6+,26-18-. The predicted octanol–water partition coefficient (Wildman–Crippen LogP) is 5.66. The van der Waals surface area contributed by atoms with Crippen molar-refractivity contribution in [3.05, 3.63) is 59.8 Å². The zero-order chi connectivity index (χ0) is 23.8. The van der Waals surface area contributed by atoms with E-state index in [4.69, 9.17) is 4.74 Å². The van der Waals surface area contributed by atoms with E-state index in [1.165, 1.54) is 38.2 Å². The van der Waals surface area contributed by atoms with Gasteiger partial charge in [0.25, 0.3) is 0 Å². The number of nitrogens with one attached hydrogen (secondary N) is 2. The molecule has 180 valence electrons. The first kappa shape index (κ1) is 24.0. The van der Waals surface area contributed by atoms with E-state index < -0.39 is 0 Å². The van der Waals surface area contributed by atoms with Gasteiger partial charge in [-0.3, -0.25) is 4.79 Å². The van der Waals surface area contributed by atoms with Gasteiger partial charge in [-0.1, -0.05) is 18.2 Å². The van der Waals surface area contributed by atoms with Crippen LogP contribution in [0.3, 0.4) is 0 Å². The number of nitrogens with zero attached hydrogens (tertiary/aromatic N) is 1. The molecule has 3 heterocycles. The third-order valence-electron chi connectivity index (χ3n) is 6.55. The number of hydrogen-bond donors (Lipinski definition) is 3. The lowest BCUT2D eigenvalue weighted by Gasteiger charge is -2.18. The van der Waals surface area contributed by atoms with E-state index in [9.17, 15) is 9.90 Å². The summed E-state index contributed by atoms with van der Waals surface area (Å²) in [5, 5.41) is 17.3. The van der Waals surface area contributed by atoms with Crippen LogP contribution in [-0.2, 0) is 9.53 Å². The van der Waals surface area contributed by atoms with Crippen molar-refractivity contribution in [3.8, 4) is 16.9 Å². The number of para-hydroxylation sites is 1. The van der Waals surface area contributed by atoms with Crippen molar-refractivity contribution in [2.45, 2.75) is 51.9 Å². The lowest BCUT2D eigenvalue weighted by atomic mass is 9.92. The monoisotopic (exact) mass is 461 g/mol. The summed E-state index contributed by atoms with van der Waals surface area (Å²) >= 11 is 0. The van der Waals surface area contributed by atoms with Gasteiger partial charge in [-0.2, -0.15) is 0 Å². The Balaban J connectivity index is 1.55. The van der Waals surface area contributed by atoms with Gasteiger partial charge in [0.1, 0.15) is 17.3 Å². The number of carbonyl (C=O) groups excluding carboxylic acids is 1. The molecule has 6 nitrogen and oxygen atoms in total. The van der Waals surface area contributed by atoms with Crippen molar-refractivity contribution in [1.82, 2.24) is 10.3 Å². The summed E-state index contributed by atoms with van der Waals surface area (Å²) in [5.74, 6) is 1.98. The van der Waals surface area contributed by atoms with Crippen LogP contribution >= 0.6 is 0 Å². The molecule has 1 aromatic heterocycles. The van der Waals surface area contributed by atoms with E-state index >= 15 is 0 Å². The fourth-order valence-electron chi connectivity index (χ4n) is 4.69. The molecule has 3 N–H and O–H groups in total. The second-order valence-electron chi connectivity index (χ2n) is 9.18. The van der Waals surface area contributed by atoms with Gasteiger partial charge < -0.3 is 20.5 Å². The highest BCUT2D eigenvalue weighted by molar-refractivity contribution is 5.88. The fraction of sp³-hybridized carbons (Fsp3) is 0.429. The molecule has 1 amide bonds. The van der Waals surface area contributed by atoms with Gasteiger partial charge in [-0.25, -0.2) is 4.98 Å². The van der Waals surface area contributed by atoms with Gasteiger partial charge in [0.05, 0.1) is 12.2 Å². The third kappa shape index (κ3) is 6.48. The second-order valence-corrected chi connectivity index (χ2v) is 9.18. The van der Waals surface area contributed by atoms with Crippen LogP contribution in [0.25, 0.3) is 16.9 Å². The molecule has 4 rings (SSSR count). The molecule has 34 heavy (non-hydrogen) atoms. The molecule has 0 spiro atoms. The highest BCUT2D eigenvalue weighted by Gasteiger charge is 2.17. The number of pyridine rings is 1. The molecule has 1 unspecified atom stereocenters. The smallest absolute Gasteiger partial charge is 0.222 e. The van der Waals surface area contributed by atoms with Crippen LogP contribution in [0.4, 0.5) is 5.82 Å². The van der Waals surface area contributed by atoms with Crippen molar-refractivity contribution in [1.29, 1.82) is 0 Å². The summed E-state index contributed by atoms with van der Waals surface area (Å²) < 4.78 is 6.13. The number of amides is 1. The van der Waals surface area contributed by atoms with E-state index in [1.807, 2.05) is 24.3 Å². The molecule has 1 saturated heterocycles. The summed E-state index contributed by atoms with van der Waals surface area (Å²) in [6.07, 6.45) is 14.1. The van der Waals surface area contributed by atoms with Gasteiger partial charge >= 0.3 is 0 Å². The highest BCUT2D eigenvalue weighted by atomic mass is 16.5. The molecule has 1 fully saturated rings. The molecular weight excluding hydrogens is 426 g/mol. The van der Waals surface area contributed by atoms with Crippen molar-refractivity contribution >= 4 is 17.5 Å². The summed E-state index contributed by atoms with van der Waals surface area (Å²) in [6.45, 7) is 4.33. The van der Waals surface area contributed by atoms with Gasteiger partial charge in [-0.05, 0) is 93.8 Å². The maximum Gasteiger partial charge on any atom is 0.222 e. The van der Waals surface area contributed by atoms with Crippen LogP contribution in [-0.4, -0.2) is 35.7 Å². The number of ether oxygens (including phenoxy) is 1. The minimum absolute atomic E-state index is 0.168. The SMILES string of the molecule is CC(=O)Nc1ccc(-c2cccc(/C3=C/C(CCC4CCCNCC4)=C/CCCO3)c2O)cn1.